The molecule has 13 heteroatoms. The molecule has 0 atom stereocenters. The SMILES string of the molecule is O=C(OCC(Cl)(Cl)Cl)N1CCN(S(=O)(=O)c2ccc([N+](=O)[O-])cc2)CC1. The van der Waals surface area contributed by atoms with Crippen LogP contribution < -0.4 is 0 Å². The number of sulfonamides is 1. The molecule has 0 bridgehead atoms. The Kier molecular flexibility index (Phi) is 6.56. The highest BCUT2D eigenvalue weighted by Crippen LogP contribution is 2.26. The van der Waals surface area contributed by atoms with Gasteiger partial charge in [0.2, 0.25) is 13.8 Å². The predicted molar refractivity (Wildman–Crippen MR) is 95.1 cm³/mol. The molecule has 1 aliphatic heterocycles. The van der Waals surface area contributed by atoms with Crippen LogP contribution in [0.25, 0.3) is 0 Å². The fourth-order valence-electron chi connectivity index (χ4n) is 2.23. The van der Waals surface area contributed by atoms with Crippen molar-refractivity contribution in [2.24, 2.45) is 0 Å². The highest BCUT2D eigenvalue weighted by atomic mass is 35.6. The minimum Gasteiger partial charge on any atom is -0.445 e. The highest BCUT2D eigenvalue weighted by Gasteiger charge is 2.32. The van der Waals surface area contributed by atoms with Gasteiger partial charge in [0, 0.05) is 38.3 Å². The fraction of sp³-hybridized carbons (Fsp3) is 0.462. The first-order chi connectivity index (χ1) is 12.0. The van der Waals surface area contributed by atoms with E-state index in [4.69, 9.17) is 39.5 Å². The van der Waals surface area contributed by atoms with Gasteiger partial charge in [0.1, 0.15) is 6.61 Å². The van der Waals surface area contributed by atoms with E-state index in [-0.39, 0.29) is 36.8 Å². The van der Waals surface area contributed by atoms with Gasteiger partial charge in [0.25, 0.3) is 5.69 Å². The quantitative estimate of drug-likeness (QED) is 0.399. The molecular weight excluding hydrogens is 433 g/mol. The number of hydrogen-bond donors (Lipinski definition) is 0. The average molecular weight is 447 g/mol. The summed E-state index contributed by atoms with van der Waals surface area (Å²) in [6.45, 7) is -0.127. The molecule has 1 heterocycles. The molecule has 26 heavy (non-hydrogen) atoms. The molecule has 0 aliphatic carbocycles. The summed E-state index contributed by atoms with van der Waals surface area (Å²) in [5, 5.41) is 10.7. The maximum Gasteiger partial charge on any atom is 0.409 e. The first-order valence-electron chi connectivity index (χ1n) is 7.24. The number of piperazine rings is 1. The van der Waals surface area contributed by atoms with E-state index in [0.29, 0.717) is 0 Å². The minimum absolute atomic E-state index is 0.0438. The third-order valence-corrected chi connectivity index (χ3v) is 5.78. The number of hydrogen-bond acceptors (Lipinski definition) is 6. The van der Waals surface area contributed by atoms with Crippen molar-refractivity contribution in [3.05, 3.63) is 34.4 Å². The van der Waals surface area contributed by atoms with Crippen molar-refractivity contribution in [3.63, 3.8) is 0 Å². The second-order valence-electron chi connectivity index (χ2n) is 5.31. The van der Waals surface area contributed by atoms with Crippen molar-refractivity contribution >= 4 is 56.6 Å². The molecule has 0 aromatic heterocycles. The van der Waals surface area contributed by atoms with Gasteiger partial charge in [0.15, 0.2) is 0 Å². The van der Waals surface area contributed by atoms with Crippen LogP contribution in [0.3, 0.4) is 0 Å². The summed E-state index contributed by atoms with van der Waals surface area (Å²) in [5.74, 6) is 0. The van der Waals surface area contributed by atoms with Crippen molar-refractivity contribution in [2.45, 2.75) is 8.69 Å². The molecule has 0 spiro atoms. The van der Waals surface area contributed by atoms with E-state index in [9.17, 15) is 23.3 Å². The summed E-state index contributed by atoms with van der Waals surface area (Å²) < 4.78 is 29.5. The highest BCUT2D eigenvalue weighted by molar-refractivity contribution is 7.89. The summed E-state index contributed by atoms with van der Waals surface area (Å²) in [6.07, 6.45) is -0.705. The lowest BCUT2D eigenvalue weighted by Crippen LogP contribution is -2.50. The van der Waals surface area contributed by atoms with Crippen LogP contribution in [-0.2, 0) is 14.8 Å². The van der Waals surface area contributed by atoms with Crippen molar-refractivity contribution in [2.75, 3.05) is 32.8 Å². The van der Waals surface area contributed by atoms with Gasteiger partial charge in [-0.15, -0.1) is 0 Å². The lowest BCUT2D eigenvalue weighted by molar-refractivity contribution is -0.384. The first kappa shape index (κ1) is 21.0. The van der Waals surface area contributed by atoms with Crippen LogP contribution in [0.2, 0.25) is 0 Å². The Morgan fingerprint density at radius 2 is 1.69 bits per heavy atom. The molecule has 1 saturated heterocycles. The molecule has 0 saturated carbocycles. The topological polar surface area (TPSA) is 110 Å². The molecule has 0 radical (unpaired) electrons. The number of benzene rings is 1. The van der Waals surface area contributed by atoms with E-state index in [1.54, 1.807) is 0 Å². The largest absolute Gasteiger partial charge is 0.445 e. The summed E-state index contributed by atoms with van der Waals surface area (Å²) in [7, 11) is -3.82. The molecule has 2 rings (SSSR count). The predicted octanol–water partition coefficient (Wildman–Crippen LogP) is 2.41. The Balaban J connectivity index is 1.97. The lowest BCUT2D eigenvalue weighted by atomic mass is 10.3. The number of carbonyl (C=O) groups is 1. The molecular formula is C13H14Cl3N3O6S. The molecule has 1 aromatic carbocycles. The molecule has 1 fully saturated rings. The van der Waals surface area contributed by atoms with Gasteiger partial charge in [-0.2, -0.15) is 4.31 Å². The van der Waals surface area contributed by atoms with Crippen LogP contribution in [0, 0.1) is 10.1 Å². The average Bonchev–Trinajstić information content (AvgIpc) is 2.59. The molecule has 1 amide bonds. The normalized spacial score (nSPS) is 16.3. The number of nitrogens with zero attached hydrogens (tertiary/aromatic N) is 3. The summed E-state index contributed by atoms with van der Waals surface area (Å²) >= 11 is 16.5. The van der Waals surface area contributed by atoms with E-state index in [0.717, 1.165) is 12.1 Å². The van der Waals surface area contributed by atoms with Crippen LogP contribution in [0.4, 0.5) is 10.5 Å². The Morgan fingerprint density at radius 1 is 1.15 bits per heavy atom. The number of nitro groups is 1. The van der Waals surface area contributed by atoms with Gasteiger partial charge < -0.3 is 9.64 Å². The van der Waals surface area contributed by atoms with Gasteiger partial charge in [-0.25, -0.2) is 13.2 Å². The number of ether oxygens (including phenoxy) is 1. The Morgan fingerprint density at radius 3 is 2.15 bits per heavy atom. The molecule has 9 nitrogen and oxygen atoms in total. The smallest absolute Gasteiger partial charge is 0.409 e. The number of non-ortho nitro benzene ring substituents is 1. The monoisotopic (exact) mass is 445 g/mol. The molecule has 1 aliphatic rings. The number of rotatable bonds is 4. The summed E-state index contributed by atoms with van der Waals surface area (Å²) in [5.41, 5.74) is -0.203. The Labute approximate surface area is 164 Å². The Bertz CT molecular complexity index is 773. The zero-order valence-electron chi connectivity index (χ0n) is 13.2. The number of carbonyl (C=O) groups excluding carboxylic acids is 1. The van der Waals surface area contributed by atoms with Crippen LogP contribution in [0.5, 0.6) is 0 Å². The zero-order chi connectivity index (χ0) is 19.5. The molecule has 144 valence electrons. The van der Waals surface area contributed by atoms with E-state index in [1.807, 2.05) is 0 Å². The third-order valence-electron chi connectivity index (χ3n) is 3.54. The van der Waals surface area contributed by atoms with Gasteiger partial charge in [-0.05, 0) is 12.1 Å². The van der Waals surface area contributed by atoms with Crippen molar-refractivity contribution in [1.29, 1.82) is 0 Å². The van der Waals surface area contributed by atoms with Crippen LogP contribution in [0.15, 0.2) is 29.2 Å². The van der Waals surface area contributed by atoms with Crippen LogP contribution in [0.1, 0.15) is 0 Å². The van der Waals surface area contributed by atoms with E-state index in [1.165, 1.54) is 21.3 Å². The van der Waals surface area contributed by atoms with E-state index >= 15 is 0 Å². The number of amides is 1. The summed E-state index contributed by atoms with van der Waals surface area (Å²) in [6, 6.07) is 4.60. The minimum atomic E-state index is -3.82. The van der Waals surface area contributed by atoms with Crippen molar-refractivity contribution < 1.29 is 22.9 Å². The van der Waals surface area contributed by atoms with Crippen LogP contribution in [-0.4, -0.2) is 65.2 Å². The van der Waals surface area contributed by atoms with Gasteiger partial charge in [0.05, 0.1) is 9.82 Å². The van der Waals surface area contributed by atoms with Gasteiger partial charge in [-0.1, -0.05) is 34.8 Å². The number of halogens is 3. The Hall–Kier alpha value is -1.33. The van der Waals surface area contributed by atoms with E-state index < -0.39 is 31.4 Å². The van der Waals surface area contributed by atoms with Crippen molar-refractivity contribution in [3.8, 4) is 0 Å². The maximum atomic E-state index is 12.6. The standard InChI is InChI=1S/C13H14Cl3N3O6S/c14-13(15,16)9-25-12(20)17-5-7-18(8-6-17)26(23,24)11-3-1-10(2-4-11)19(21)22/h1-4H,5-9H2. The second kappa shape index (κ2) is 8.13. The molecule has 0 unspecified atom stereocenters. The maximum absolute atomic E-state index is 12.6. The summed E-state index contributed by atoms with van der Waals surface area (Å²) in [4.78, 5) is 23.1. The van der Waals surface area contributed by atoms with Crippen molar-refractivity contribution in [1.82, 2.24) is 9.21 Å². The number of alkyl halides is 3. The molecule has 0 N–H and O–H groups in total. The first-order valence-corrected chi connectivity index (χ1v) is 9.81. The third kappa shape index (κ3) is 5.34. The molecule has 1 aromatic rings. The van der Waals surface area contributed by atoms with E-state index in [2.05, 4.69) is 0 Å². The van der Waals surface area contributed by atoms with Gasteiger partial charge in [-0.3, -0.25) is 10.1 Å². The number of nitro benzene ring substituents is 1. The second-order valence-corrected chi connectivity index (χ2v) is 9.77. The fourth-order valence-corrected chi connectivity index (χ4v) is 3.82. The zero-order valence-corrected chi connectivity index (χ0v) is 16.3. The van der Waals surface area contributed by atoms with Crippen LogP contribution >= 0.6 is 34.8 Å². The van der Waals surface area contributed by atoms with Gasteiger partial charge >= 0.3 is 6.09 Å². The lowest BCUT2D eigenvalue weighted by Gasteiger charge is -2.33.